The largest absolute Gasteiger partial charge is 0.416 e. The Morgan fingerprint density at radius 2 is 1.55 bits per heavy atom. The van der Waals surface area contributed by atoms with Gasteiger partial charge in [0.25, 0.3) is 0 Å². The number of allylic oxidation sites excluding steroid dienone is 10. The van der Waals surface area contributed by atoms with Crippen molar-refractivity contribution in [2.45, 2.75) is 26.2 Å². The third-order valence-corrected chi connectivity index (χ3v) is 4.74. The van der Waals surface area contributed by atoms with Crippen LogP contribution in [-0.2, 0) is 5.41 Å². The highest BCUT2D eigenvalue weighted by atomic mass is 16.4. The molecule has 1 heterocycles. The van der Waals surface area contributed by atoms with E-state index in [1.165, 1.54) is 5.56 Å². The van der Waals surface area contributed by atoms with E-state index >= 15 is 0 Å². The Kier molecular flexibility index (Phi) is 5.01. The molecule has 0 saturated carbocycles. The quantitative estimate of drug-likeness (QED) is 0.590. The summed E-state index contributed by atoms with van der Waals surface area (Å²) in [7, 11) is 0. The molecule has 1 aromatic heterocycles. The predicted molar refractivity (Wildman–Crippen MR) is 117 cm³/mol. The minimum absolute atomic E-state index is 0.110. The first kappa shape index (κ1) is 18.7. The summed E-state index contributed by atoms with van der Waals surface area (Å²) in [5, 5.41) is 8.47. The van der Waals surface area contributed by atoms with E-state index < -0.39 is 0 Å². The number of hydrogen-bond donors (Lipinski definition) is 0. The fourth-order valence-electron chi connectivity index (χ4n) is 3.03. The van der Waals surface area contributed by atoms with Crippen molar-refractivity contribution in [3.63, 3.8) is 0 Å². The van der Waals surface area contributed by atoms with Crippen LogP contribution in [0.1, 0.15) is 32.2 Å². The van der Waals surface area contributed by atoms with Gasteiger partial charge in [-0.15, -0.1) is 21.7 Å². The average molecular weight is 378 g/mol. The molecule has 0 amide bonds. The SMILES string of the molecule is CC(C)(C)c1ccc(-c2nnc(C3=CC=C=C(C4=CC=C=CC=C4)C=C3)o2)cc1. The minimum atomic E-state index is 0.110. The zero-order chi connectivity index (χ0) is 20.3. The molecule has 0 unspecified atom stereocenters. The number of nitrogens with zero attached hydrogens (tertiary/aromatic N) is 2. The zero-order valence-electron chi connectivity index (χ0n) is 16.8. The van der Waals surface area contributed by atoms with E-state index in [1.54, 1.807) is 0 Å². The topological polar surface area (TPSA) is 38.9 Å². The van der Waals surface area contributed by atoms with Gasteiger partial charge in [0.05, 0.1) is 0 Å². The molecule has 142 valence electrons. The monoisotopic (exact) mass is 378 g/mol. The van der Waals surface area contributed by atoms with Crippen molar-refractivity contribution >= 4 is 5.57 Å². The van der Waals surface area contributed by atoms with E-state index in [4.69, 9.17) is 4.42 Å². The van der Waals surface area contributed by atoms with E-state index in [9.17, 15) is 0 Å². The molecular formula is C26H22N2O. The van der Waals surface area contributed by atoms with Gasteiger partial charge in [0, 0.05) is 16.7 Å². The van der Waals surface area contributed by atoms with Gasteiger partial charge in [0.2, 0.25) is 11.8 Å². The van der Waals surface area contributed by atoms with Crippen molar-refractivity contribution < 1.29 is 4.42 Å². The summed E-state index contributed by atoms with van der Waals surface area (Å²) < 4.78 is 5.94. The molecule has 0 radical (unpaired) electrons. The highest BCUT2D eigenvalue weighted by Crippen LogP contribution is 2.27. The number of aromatic nitrogens is 2. The van der Waals surface area contributed by atoms with Crippen LogP contribution < -0.4 is 0 Å². The molecule has 3 nitrogen and oxygen atoms in total. The molecule has 0 atom stereocenters. The molecule has 2 aromatic rings. The Balaban J connectivity index is 1.54. The summed E-state index contributed by atoms with van der Waals surface area (Å²) in [6.07, 6.45) is 17.6. The Morgan fingerprint density at radius 3 is 2.34 bits per heavy atom. The number of rotatable bonds is 3. The van der Waals surface area contributed by atoms with Crippen LogP contribution in [0, 0.1) is 0 Å². The van der Waals surface area contributed by atoms with Gasteiger partial charge in [-0.05, 0) is 71.2 Å². The van der Waals surface area contributed by atoms with Gasteiger partial charge in [-0.3, -0.25) is 0 Å². The molecule has 2 aliphatic carbocycles. The van der Waals surface area contributed by atoms with Crippen molar-refractivity contribution in [2.75, 3.05) is 0 Å². The first-order chi connectivity index (χ1) is 14.0. The third kappa shape index (κ3) is 4.28. The van der Waals surface area contributed by atoms with Crippen molar-refractivity contribution in [3.05, 3.63) is 113 Å². The maximum atomic E-state index is 5.94. The lowest BCUT2D eigenvalue weighted by molar-refractivity contribution is 0.554. The van der Waals surface area contributed by atoms with E-state index in [0.717, 1.165) is 22.3 Å². The Hall–Kier alpha value is -3.64. The summed E-state index contributed by atoms with van der Waals surface area (Å²) >= 11 is 0. The summed E-state index contributed by atoms with van der Waals surface area (Å²) in [5.74, 6) is 1.00. The highest BCUT2D eigenvalue weighted by molar-refractivity contribution is 5.73. The van der Waals surface area contributed by atoms with E-state index in [-0.39, 0.29) is 5.41 Å². The molecule has 0 saturated heterocycles. The van der Waals surface area contributed by atoms with E-state index in [0.29, 0.717) is 11.8 Å². The van der Waals surface area contributed by atoms with Crippen LogP contribution in [0.4, 0.5) is 0 Å². The summed E-state index contributed by atoms with van der Waals surface area (Å²) in [4.78, 5) is 0. The molecule has 0 fully saturated rings. The lowest BCUT2D eigenvalue weighted by Gasteiger charge is -2.18. The second-order valence-corrected chi connectivity index (χ2v) is 7.90. The van der Waals surface area contributed by atoms with Gasteiger partial charge < -0.3 is 4.42 Å². The van der Waals surface area contributed by atoms with E-state index in [2.05, 4.69) is 54.6 Å². The second kappa shape index (κ2) is 7.77. The Morgan fingerprint density at radius 1 is 0.793 bits per heavy atom. The summed E-state index contributed by atoms with van der Waals surface area (Å²) in [6, 6.07) is 8.28. The molecule has 0 bridgehead atoms. The molecule has 3 heteroatoms. The fraction of sp³-hybridized carbons (Fsp3) is 0.154. The Labute approximate surface area is 171 Å². The molecule has 29 heavy (non-hydrogen) atoms. The van der Waals surface area contributed by atoms with E-state index in [1.807, 2.05) is 66.8 Å². The van der Waals surface area contributed by atoms with Gasteiger partial charge in [-0.1, -0.05) is 45.1 Å². The summed E-state index contributed by atoms with van der Waals surface area (Å²) in [6.45, 7) is 6.59. The molecular weight excluding hydrogens is 356 g/mol. The maximum absolute atomic E-state index is 5.94. The van der Waals surface area contributed by atoms with Crippen LogP contribution in [0.2, 0.25) is 0 Å². The smallest absolute Gasteiger partial charge is 0.248 e. The average Bonchev–Trinajstić information content (AvgIpc) is 2.90. The molecule has 4 rings (SSSR count). The third-order valence-electron chi connectivity index (χ3n) is 4.74. The number of benzene rings is 1. The first-order valence-corrected chi connectivity index (χ1v) is 9.60. The fourth-order valence-corrected chi connectivity index (χ4v) is 3.03. The maximum Gasteiger partial charge on any atom is 0.248 e. The van der Waals surface area contributed by atoms with Crippen LogP contribution in [0.3, 0.4) is 0 Å². The molecule has 1 aromatic carbocycles. The van der Waals surface area contributed by atoms with Gasteiger partial charge in [0.15, 0.2) is 0 Å². The zero-order valence-corrected chi connectivity index (χ0v) is 16.8. The van der Waals surface area contributed by atoms with Gasteiger partial charge in [-0.25, -0.2) is 0 Å². The standard InChI is InChI=1S/C26H22N2O/c1-26(2,3)23-17-15-22(16-18-23)25-28-27-24(29-25)21-12-8-11-20(13-14-21)19-9-6-4-5-7-10-19/h4,6-10,12-18H,1-3H3. The highest BCUT2D eigenvalue weighted by Gasteiger charge is 2.15. The first-order valence-electron chi connectivity index (χ1n) is 9.60. The Bertz CT molecular complexity index is 1180. The van der Waals surface area contributed by atoms with Crippen LogP contribution in [0.25, 0.3) is 17.0 Å². The van der Waals surface area contributed by atoms with Crippen LogP contribution in [0.15, 0.2) is 106 Å². The van der Waals surface area contributed by atoms with Gasteiger partial charge in [0.1, 0.15) is 0 Å². The van der Waals surface area contributed by atoms with Crippen molar-refractivity contribution in [2.24, 2.45) is 0 Å². The molecule has 0 spiro atoms. The molecule has 0 aliphatic heterocycles. The van der Waals surface area contributed by atoms with Crippen LogP contribution in [0.5, 0.6) is 0 Å². The van der Waals surface area contributed by atoms with Gasteiger partial charge >= 0.3 is 0 Å². The normalized spacial score (nSPS) is 15.6. The predicted octanol–water partition coefficient (Wildman–Crippen LogP) is 6.28. The number of hydrogen-bond acceptors (Lipinski definition) is 3. The van der Waals surface area contributed by atoms with Crippen molar-refractivity contribution in [1.29, 1.82) is 0 Å². The second-order valence-electron chi connectivity index (χ2n) is 7.90. The lowest BCUT2D eigenvalue weighted by atomic mass is 9.87. The minimum Gasteiger partial charge on any atom is -0.416 e. The molecule has 2 aliphatic rings. The van der Waals surface area contributed by atoms with Crippen molar-refractivity contribution in [3.8, 4) is 11.5 Å². The van der Waals surface area contributed by atoms with Gasteiger partial charge in [-0.2, -0.15) is 0 Å². The summed E-state index contributed by atoms with van der Waals surface area (Å²) in [5.41, 5.74) is 11.6. The van der Waals surface area contributed by atoms with Crippen LogP contribution in [-0.4, -0.2) is 10.2 Å². The molecule has 0 N–H and O–H groups in total. The lowest BCUT2D eigenvalue weighted by Crippen LogP contribution is -2.10. The van der Waals surface area contributed by atoms with Crippen molar-refractivity contribution in [1.82, 2.24) is 10.2 Å². The van der Waals surface area contributed by atoms with Crippen LogP contribution >= 0.6 is 0 Å².